The van der Waals surface area contributed by atoms with Crippen LogP contribution in [0.3, 0.4) is 0 Å². The maximum atomic E-state index is 7.41. The summed E-state index contributed by atoms with van der Waals surface area (Å²) in [5, 5.41) is 14.3. The molecule has 1 rings (SSSR count). The fourth-order valence-corrected chi connectivity index (χ4v) is 0.692. The zero-order valence-electron chi connectivity index (χ0n) is 7.28. The highest BCUT2D eigenvalue weighted by molar-refractivity contribution is 6.30. The predicted octanol–water partition coefficient (Wildman–Crippen LogP) is 1.23. The molecule has 0 spiro atoms. The van der Waals surface area contributed by atoms with Gasteiger partial charge in [0.05, 0.1) is 12.6 Å². The molecule has 5 heteroatoms. The minimum atomic E-state index is 0.171. The first-order valence-corrected chi connectivity index (χ1v) is 3.73. The maximum Gasteiger partial charge on any atom is 0.144 e. The van der Waals surface area contributed by atoms with Crippen molar-refractivity contribution in [3.05, 3.63) is 18.3 Å². The van der Waals surface area contributed by atoms with Crippen LogP contribution < -0.4 is 0 Å². The van der Waals surface area contributed by atoms with Gasteiger partial charge in [-0.05, 0) is 12.1 Å². The van der Waals surface area contributed by atoms with E-state index < -0.39 is 0 Å². The van der Waals surface area contributed by atoms with Crippen molar-refractivity contribution in [3.8, 4) is 0 Å². The molecule has 1 aromatic rings. The second-order valence-corrected chi connectivity index (χ2v) is 2.44. The molecule has 0 radical (unpaired) electrons. The number of H-pyrrole nitrogens is 1. The van der Waals surface area contributed by atoms with Crippen molar-refractivity contribution in [1.29, 1.82) is 10.8 Å². The molecule has 68 valence electrons. The van der Waals surface area contributed by atoms with Gasteiger partial charge in [0.2, 0.25) is 0 Å². The summed E-state index contributed by atoms with van der Waals surface area (Å²) in [6.07, 6.45) is 4.20. The van der Waals surface area contributed by atoms with Crippen LogP contribution in [0.2, 0.25) is 0 Å². The van der Waals surface area contributed by atoms with Gasteiger partial charge < -0.3 is 9.88 Å². The van der Waals surface area contributed by atoms with Crippen LogP contribution in [0.4, 0.5) is 5.82 Å². The van der Waals surface area contributed by atoms with Gasteiger partial charge in [-0.1, -0.05) is 0 Å². The summed E-state index contributed by atoms with van der Waals surface area (Å²) in [6.45, 7) is 0. The standard InChI is InChI=1S/C8H11N5/c1-13(6-9)7(10)5-12-8-3-2-4-11-8/h2-6,9-11H,1H3. The van der Waals surface area contributed by atoms with E-state index in [4.69, 9.17) is 10.8 Å². The Bertz CT molecular complexity index is 311. The fraction of sp³-hybridized carbons (Fsp3) is 0.125. The van der Waals surface area contributed by atoms with E-state index in [-0.39, 0.29) is 5.84 Å². The van der Waals surface area contributed by atoms with Crippen molar-refractivity contribution in [1.82, 2.24) is 9.88 Å². The summed E-state index contributed by atoms with van der Waals surface area (Å²) in [6, 6.07) is 3.63. The first-order valence-electron chi connectivity index (χ1n) is 3.73. The zero-order chi connectivity index (χ0) is 9.68. The predicted molar refractivity (Wildman–Crippen MR) is 53.2 cm³/mol. The third kappa shape index (κ3) is 2.55. The van der Waals surface area contributed by atoms with Crippen LogP contribution in [-0.4, -0.2) is 35.3 Å². The molecule has 0 saturated carbocycles. The molecule has 3 N–H and O–H groups in total. The van der Waals surface area contributed by atoms with Gasteiger partial charge in [0.1, 0.15) is 11.7 Å². The molecule has 5 nitrogen and oxygen atoms in total. The van der Waals surface area contributed by atoms with Gasteiger partial charge in [0.25, 0.3) is 0 Å². The van der Waals surface area contributed by atoms with Crippen molar-refractivity contribution in [3.63, 3.8) is 0 Å². The van der Waals surface area contributed by atoms with E-state index in [1.165, 1.54) is 11.1 Å². The average molecular weight is 177 g/mol. The van der Waals surface area contributed by atoms with Crippen molar-refractivity contribution in [2.45, 2.75) is 0 Å². The molecule has 1 heterocycles. The number of aliphatic imine (C=N–C) groups is 1. The molecular weight excluding hydrogens is 166 g/mol. The Morgan fingerprint density at radius 2 is 2.46 bits per heavy atom. The highest BCUT2D eigenvalue weighted by Crippen LogP contribution is 2.04. The van der Waals surface area contributed by atoms with Crippen molar-refractivity contribution >= 4 is 24.2 Å². The molecule has 0 fully saturated rings. The molecule has 0 bridgehead atoms. The van der Waals surface area contributed by atoms with Crippen LogP contribution in [0.5, 0.6) is 0 Å². The van der Waals surface area contributed by atoms with Gasteiger partial charge >= 0.3 is 0 Å². The molecule has 0 amide bonds. The summed E-state index contributed by atoms with van der Waals surface area (Å²) in [5.41, 5.74) is 0. The Balaban J connectivity index is 2.58. The lowest BCUT2D eigenvalue weighted by Gasteiger charge is -2.07. The zero-order valence-corrected chi connectivity index (χ0v) is 7.28. The molecule has 0 atom stereocenters. The second-order valence-electron chi connectivity index (χ2n) is 2.44. The largest absolute Gasteiger partial charge is 0.347 e. The minimum Gasteiger partial charge on any atom is -0.347 e. The summed E-state index contributed by atoms with van der Waals surface area (Å²) < 4.78 is 0. The van der Waals surface area contributed by atoms with Crippen LogP contribution >= 0.6 is 0 Å². The highest BCUT2D eigenvalue weighted by atomic mass is 15.1. The first kappa shape index (κ1) is 9.18. The maximum absolute atomic E-state index is 7.41. The number of aromatic amines is 1. The quantitative estimate of drug-likeness (QED) is 0.471. The smallest absolute Gasteiger partial charge is 0.144 e. The molecular formula is C8H11N5. The van der Waals surface area contributed by atoms with Gasteiger partial charge in [0, 0.05) is 13.2 Å². The van der Waals surface area contributed by atoms with Gasteiger partial charge in [-0.15, -0.1) is 0 Å². The summed E-state index contributed by atoms with van der Waals surface area (Å²) in [4.78, 5) is 8.22. The molecule has 0 aromatic carbocycles. The monoisotopic (exact) mass is 177 g/mol. The Morgan fingerprint density at radius 1 is 1.69 bits per heavy atom. The van der Waals surface area contributed by atoms with Crippen LogP contribution in [0.1, 0.15) is 0 Å². The van der Waals surface area contributed by atoms with E-state index in [0.717, 1.165) is 6.34 Å². The van der Waals surface area contributed by atoms with Crippen molar-refractivity contribution < 1.29 is 0 Å². The van der Waals surface area contributed by atoms with Gasteiger partial charge in [-0.25, -0.2) is 4.99 Å². The first-order chi connectivity index (χ1) is 6.24. The van der Waals surface area contributed by atoms with Crippen molar-refractivity contribution in [2.24, 2.45) is 4.99 Å². The lowest BCUT2D eigenvalue weighted by atomic mass is 10.5. The number of hydrogen-bond donors (Lipinski definition) is 3. The van der Waals surface area contributed by atoms with E-state index in [9.17, 15) is 0 Å². The minimum absolute atomic E-state index is 0.171. The van der Waals surface area contributed by atoms with E-state index >= 15 is 0 Å². The van der Waals surface area contributed by atoms with Gasteiger partial charge in [-0.2, -0.15) is 0 Å². The highest BCUT2D eigenvalue weighted by Gasteiger charge is 1.95. The van der Waals surface area contributed by atoms with Gasteiger partial charge in [0.15, 0.2) is 0 Å². The van der Waals surface area contributed by atoms with E-state index in [1.807, 2.05) is 6.07 Å². The number of nitrogens with one attached hydrogen (secondary N) is 3. The van der Waals surface area contributed by atoms with E-state index in [2.05, 4.69) is 9.98 Å². The number of aromatic nitrogens is 1. The Labute approximate surface area is 76.1 Å². The molecule has 0 saturated heterocycles. The van der Waals surface area contributed by atoms with E-state index in [0.29, 0.717) is 5.82 Å². The van der Waals surface area contributed by atoms with Crippen LogP contribution in [0, 0.1) is 10.8 Å². The average Bonchev–Trinajstić information content (AvgIpc) is 2.65. The molecule has 0 aliphatic carbocycles. The van der Waals surface area contributed by atoms with Crippen molar-refractivity contribution in [2.75, 3.05) is 7.05 Å². The molecule has 1 aromatic heterocycles. The Hall–Kier alpha value is -1.91. The lowest BCUT2D eigenvalue weighted by molar-refractivity contribution is 0.776. The number of rotatable bonds is 3. The molecule has 13 heavy (non-hydrogen) atoms. The molecule has 0 aliphatic heterocycles. The van der Waals surface area contributed by atoms with Crippen LogP contribution in [0.25, 0.3) is 0 Å². The summed E-state index contributed by atoms with van der Waals surface area (Å²) in [5.74, 6) is 0.868. The van der Waals surface area contributed by atoms with Crippen LogP contribution in [0.15, 0.2) is 23.3 Å². The van der Waals surface area contributed by atoms with E-state index in [1.54, 1.807) is 19.3 Å². The fourth-order valence-electron chi connectivity index (χ4n) is 0.692. The Morgan fingerprint density at radius 3 is 3.00 bits per heavy atom. The second kappa shape index (κ2) is 4.20. The number of hydrogen-bond acceptors (Lipinski definition) is 3. The Kier molecular flexibility index (Phi) is 2.97. The number of nitrogens with zero attached hydrogens (tertiary/aromatic N) is 2. The van der Waals surface area contributed by atoms with Gasteiger partial charge in [-0.3, -0.25) is 10.8 Å². The third-order valence-corrected chi connectivity index (χ3v) is 1.48. The SMILES string of the molecule is CN(C=N)C(=N)C=Nc1ccc[nH]1. The van der Waals surface area contributed by atoms with Crippen LogP contribution in [-0.2, 0) is 0 Å². The number of amidine groups is 1. The molecule has 0 unspecified atom stereocenters. The third-order valence-electron chi connectivity index (χ3n) is 1.48. The summed E-state index contributed by atoms with van der Waals surface area (Å²) >= 11 is 0. The summed E-state index contributed by atoms with van der Waals surface area (Å²) in [7, 11) is 1.62. The lowest BCUT2D eigenvalue weighted by Crippen LogP contribution is -2.24. The topological polar surface area (TPSA) is 79.1 Å². The molecule has 0 aliphatic rings. The normalized spacial score (nSPS) is 10.2.